The van der Waals surface area contributed by atoms with Gasteiger partial charge in [-0.3, -0.25) is 9.59 Å². The first-order chi connectivity index (χ1) is 41.0. The number of hydrogen-bond donors (Lipinski definition) is 3. The van der Waals surface area contributed by atoms with Gasteiger partial charge in [-0.1, -0.05) is 92.9 Å². The van der Waals surface area contributed by atoms with Crippen LogP contribution < -0.4 is 35.2 Å². The highest BCUT2D eigenvalue weighted by molar-refractivity contribution is 6.13. The number of nitrogens with one attached hydrogen (secondary N) is 3. The number of allylic oxidation sites excluding steroid dienone is 4. The summed E-state index contributed by atoms with van der Waals surface area (Å²) >= 11 is 0. The topological polar surface area (TPSA) is 112 Å². The molecule has 0 saturated carbocycles. The Morgan fingerprint density at radius 3 is 1.56 bits per heavy atom. The van der Waals surface area contributed by atoms with Crippen LogP contribution in [0.25, 0.3) is 38.9 Å². The van der Waals surface area contributed by atoms with E-state index in [2.05, 4.69) is 208 Å². The van der Waals surface area contributed by atoms with Crippen LogP contribution in [0.2, 0.25) is 0 Å². The zero-order chi connectivity index (χ0) is 60.1. The highest BCUT2D eigenvalue weighted by Gasteiger charge is 2.24. The summed E-state index contributed by atoms with van der Waals surface area (Å²) in [5.41, 5.74) is 22.4. The van der Waals surface area contributed by atoms with E-state index in [4.69, 9.17) is 9.98 Å². The van der Waals surface area contributed by atoms with Crippen molar-refractivity contribution in [2.75, 3.05) is 88.5 Å². The molecule has 12 heteroatoms. The van der Waals surface area contributed by atoms with Gasteiger partial charge in [-0.05, 0) is 165 Å². The van der Waals surface area contributed by atoms with E-state index < -0.39 is 0 Å². The van der Waals surface area contributed by atoms with Crippen molar-refractivity contribution >= 4 is 73.7 Å². The molecule has 0 aliphatic heterocycles. The van der Waals surface area contributed by atoms with Crippen molar-refractivity contribution in [3.8, 4) is 16.8 Å². The molecule has 0 unspecified atom stereocenters. The SMILES string of the molecule is C=C1C=C(N(C)CCCCCCNC(=O)c2ccc(-c3ccc(C(=O)NCCCCCCN(C)c4cc5c(cc4C)nc4cc(C)c(N(C)C)cc4[n+]5-c4ccccc4)cc3)cc2)C(C)=CC1=Nc1cc(C)c(N(C)C)cc1Nc1ccccc1. The van der Waals surface area contributed by atoms with Crippen molar-refractivity contribution in [2.45, 2.75) is 79.1 Å². The molecule has 0 radical (unpaired) electrons. The van der Waals surface area contributed by atoms with Crippen molar-refractivity contribution in [2.24, 2.45) is 4.99 Å². The van der Waals surface area contributed by atoms with Crippen LogP contribution in [0.15, 0.2) is 186 Å². The monoisotopic (exact) mass is 1130 g/mol. The first-order valence-corrected chi connectivity index (χ1v) is 30.1. The van der Waals surface area contributed by atoms with E-state index in [0.717, 1.165) is 154 Å². The molecule has 85 heavy (non-hydrogen) atoms. The van der Waals surface area contributed by atoms with Gasteiger partial charge < -0.3 is 35.6 Å². The van der Waals surface area contributed by atoms with E-state index in [1.165, 1.54) is 22.5 Å². The molecule has 0 fully saturated rings. The summed E-state index contributed by atoms with van der Waals surface area (Å²) in [4.78, 5) is 45.5. The lowest BCUT2D eigenvalue weighted by molar-refractivity contribution is -0.538. The summed E-state index contributed by atoms with van der Waals surface area (Å²) in [5.74, 6) is -0.138. The number of rotatable bonds is 25. The van der Waals surface area contributed by atoms with Crippen molar-refractivity contribution in [1.82, 2.24) is 20.5 Å². The minimum Gasteiger partial charge on any atom is -0.377 e. The number of aliphatic imine (C=N–C) groups is 1. The van der Waals surface area contributed by atoms with Crippen LogP contribution in [0, 0.1) is 20.8 Å². The molecule has 7 aromatic carbocycles. The molecule has 0 saturated heterocycles. The quantitative estimate of drug-likeness (QED) is 0.0295. The molecule has 1 aromatic heterocycles. The van der Waals surface area contributed by atoms with Gasteiger partial charge in [-0.2, -0.15) is 0 Å². The largest absolute Gasteiger partial charge is 0.377 e. The number of anilines is 5. The van der Waals surface area contributed by atoms with E-state index in [9.17, 15) is 9.59 Å². The van der Waals surface area contributed by atoms with Crippen molar-refractivity contribution in [3.05, 3.63) is 209 Å². The molecule has 2 amide bonds. The van der Waals surface area contributed by atoms with E-state index in [0.29, 0.717) is 24.2 Å². The lowest BCUT2D eigenvalue weighted by Gasteiger charge is -2.27. The molecule has 8 aromatic rings. The molecule has 0 bridgehead atoms. The molecule has 1 heterocycles. The zero-order valence-corrected chi connectivity index (χ0v) is 51.7. The van der Waals surface area contributed by atoms with Crippen LogP contribution in [-0.4, -0.2) is 95.9 Å². The maximum Gasteiger partial charge on any atom is 0.251 e. The van der Waals surface area contributed by atoms with E-state index in [1.807, 2.05) is 66.7 Å². The number of fused-ring (bicyclic) bond motifs is 2. The minimum absolute atomic E-state index is 0.0674. The number of aryl methyl sites for hydroxylation is 3. The molecule has 3 N–H and O–H groups in total. The minimum atomic E-state index is -0.0705. The Bertz CT molecular complexity index is 3770. The number of carbonyl (C=O) groups is 2. The van der Waals surface area contributed by atoms with Gasteiger partial charge in [0.25, 0.3) is 11.8 Å². The maximum atomic E-state index is 13.1. The van der Waals surface area contributed by atoms with Crippen LogP contribution >= 0.6 is 0 Å². The second-order valence-corrected chi connectivity index (χ2v) is 23.2. The number of nitrogens with zero attached hydrogens (tertiary/aromatic N) is 7. The Balaban J connectivity index is 0.666. The number of para-hydroxylation sites is 2. The summed E-state index contributed by atoms with van der Waals surface area (Å²) in [6.07, 6.45) is 12.4. The smallest absolute Gasteiger partial charge is 0.251 e. The van der Waals surface area contributed by atoms with Crippen molar-refractivity contribution in [1.29, 1.82) is 0 Å². The number of carbonyl (C=O) groups excluding carboxylic acids is 2. The second kappa shape index (κ2) is 28.0. The van der Waals surface area contributed by atoms with E-state index in [-0.39, 0.29) is 11.8 Å². The van der Waals surface area contributed by atoms with E-state index in [1.54, 1.807) is 0 Å². The van der Waals surface area contributed by atoms with Crippen LogP contribution in [0.4, 0.5) is 34.1 Å². The Morgan fingerprint density at radius 1 is 0.529 bits per heavy atom. The van der Waals surface area contributed by atoms with Crippen LogP contribution in [0.1, 0.15) is 95.7 Å². The van der Waals surface area contributed by atoms with Gasteiger partial charge in [0.05, 0.1) is 17.1 Å². The molecule has 0 spiro atoms. The van der Waals surface area contributed by atoms with Crippen molar-refractivity contribution < 1.29 is 14.2 Å². The number of likely N-dealkylation sites (N-methyl/N-ethyl adjacent to an activating group) is 1. The number of aromatic nitrogens is 2. The first-order valence-electron chi connectivity index (χ1n) is 30.1. The molecular weight excluding hydrogens is 1050 g/mol. The van der Waals surface area contributed by atoms with Crippen molar-refractivity contribution in [3.63, 3.8) is 0 Å². The Kier molecular flexibility index (Phi) is 20.0. The Hall–Kier alpha value is -9.03. The number of hydrogen-bond acceptors (Lipinski definition) is 9. The summed E-state index contributed by atoms with van der Waals surface area (Å²) in [7, 11) is 12.6. The zero-order valence-electron chi connectivity index (χ0n) is 51.7. The van der Waals surface area contributed by atoms with Crippen LogP contribution in [-0.2, 0) is 0 Å². The fourth-order valence-electron chi connectivity index (χ4n) is 11.4. The predicted molar refractivity (Wildman–Crippen MR) is 357 cm³/mol. The maximum absolute atomic E-state index is 13.1. The average Bonchev–Trinajstić information content (AvgIpc) is 2.02. The summed E-state index contributed by atoms with van der Waals surface area (Å²) in [6.45, 7) is 16.1. The van der Waals surface area contributed by atoms with Gasteiger partial charge in [0.15, 0.2) is 0 Å². The third-order valence-corrected chi connectivity index (χ3v) is 16.2. The van der Waals surface area contributed by atoms with Gasteiger partial charge >= 0.3 is 0 Å². The summed E-state index contributed by atoms with van der Waals surface area (Å²) < 4.78 is 2.35. The van der Waals surface area contributed by atoms with Crippen LogP contribution in [0.5, 0.6) is 0 Å². The number of amides is 2. The molecule has 1 aliphatic carbocycles. The predicted octanol–water partition coefficient (Wildman–Crippen LogP) is 15.0. The average molecular weight is 1130 g/mol. The fraction of sp³-hybridized carbons (Fsp3) is 0.301. The standard InChI is InChI=1S/C73H84N10O2/c1-50-46-68(53(4)42-61(50)77-62-43-51(2)66(79(6)7)47-63(62)76-59-26-18-16-19-27-59)81(10)40-24-14-12-22-38-74-72(84)57-34-30-55(31-35-57)56-32-36-58(37-33-56)73(85)75-39-23-13-15-25-41-82(11)69-49-71-65(45-54(69)5)78-64-44-52(3)67(80(8)9)48-70(64)83(71)60-28-20-17-21-29-60/h16-21,26-37,42-49,76H,1,12-15,22-25,38-41H2,2-11H3,(H-,74,75,84,85)/p+1. The third-order valence-electron chi connectivity index (χ3n) is 16.2. The summed E-state index contributed by atoms with van der Waals surface area (Å²) in [6, 6.07) is 49.4. The second-order valence-electron chi connectivity index (χ2n) is 23.2. The van der Waals surface area contributed by atoms with Crippen LogP contribution in [0.3, 0.4) is 0 Å². The summed E-state index contributed by atoms with van der Waals surface area (Å²) in [5, 5.41) is 9.81. The Morgan fingerprint density at radius 2 is 1.01 bits per heavy atom. The van der Waals surface area contributed by atoms with E-state index >= 15 is 0 Å². The molecule has 438 valence electrons. The third kappa shape index (κ3) is 15.0. The highest BCUT2D eigenvalue weighted by Crippen LogP contribution is 2.37. The molecular formula is C73H85N10O2+. The van der Waals surface area contributed by atoms with Gasteiger partial charge in [0, 0.05) is 132 Å². The normalized spacial score (nSPS) is 12.7. The molecule has 9 rings (SSSR count). The number of benzene rings is 7. The lowest BCUT2D eigenvalue weighted by atomic mass is 9.98. The Labute approximate surface area is 504 Å². The highest BCUT2D eigenvalue weighted by atomic mass is 16.2. The fourth-order valence-corrected chi connectivity index (χ4v) is 11.4. The van der Waals surface area contributed by atoms with Gasteiger partial charge in [0.1, 0.15) is 11.0 Å². The van der Waals surface area contributed by atoms with Gasteiger partial charge in [-0.25, -0.2) is 9.98 Å². The molecule has 1 aliphatic rings. The molecule has 0 atom stereocenters. The molecule has 12 nitrogen and oxygen atoms in total. The van der Waals surface area contributed by atoms with Gasteiger partial charge in [0.2, 0.25) is 16.7 Å². The van der Waals surface area contributed by atoms with Gasteiger partial charge in [-0.15, -0.1) is 4.57 Å². The first kappa shape index (κ1) is 60.6. The lowest BCUT2D eigenvalue weighted by Crippen LogP contribution is -2.34. The number of unbranched alkanes of at least 4 members (excludes halogenated alkanes) is 6.